The molecule has 11 nitrogen and oxygen atoms in total. The number of pyridine rings is 1. The number of hydrogen-bond donors (Lipinski definition) is 3. The van der Waals surface area contributed by atoms with Gasteiger partial charge in [-0.25, -0.2) is 13.2 Å². The Morgan fingerprint density at radius 2 is 1.88 bits per heavy atom. The number of rotatable bonds is 9. The second kappa shape index (κ2) is 11.9. The number of dihydropyridines is 1. The summed E-state index contributed by atoms with van der Waals surface area (Å²) in [7, 11) is -4.00. The number of carbonyl (C=O) groups is 2. The van der Waals surface area contributed by atoms with Crippen molar-refractivity contribution in [2.24, 2.45) is 4.99 Å². The molecule has 2 amide bonds. The Morgan fingerprint density at radius 1 is 1.20 bits per heavy atom. The Bertz CT molecular complexity index is 1600. The van der Waals surface area contributed by atoms with Crippen molar-refractivity contribution in [3.05, 3.63) is 80.8 Å². The molecule has 1 aromatic carbocycles. The van der Waals surface area contributed by atoms with Gasteiger partial charge in [-0.15, -0.1) is 0 Å². The lowest BCUT2D eigenvalue weighted by molar-refractivity contribution is -0.109. The maximum Gasteiger partial charge on any atom is 0.413 e. The SMILES string of the molecule is C=C1CN=C(NC(=O)OC(C)(C)C)C(n2c(C3CC3)ccc(NS(=O)(=O)Cc3ccc(Cl)cc3)c2=O)=C1CNC=O. The van der Waals surface area contributed by atoms with Gasteiger partial charge in [-0.2, -0.15) is 0 Å². The van der Waals surface area contributed by atoms with Gasteiger partial charge in [-0.05, 0) is 74.9 Å². The van der Waals surface area contributed by atoms with E-state index in [4.69, 9.17) is 16.3 Å². The molecule has 1 aromatic heterocycles. The van der Waals surface area contributed by atoms with Crippen molar-refractivity contribution in [1.29, 1.82) is 0 Å². The van der Waals surface area contributed by atoms with Gasteiger partial charge in [0.2, 0.25) is 16.4 Å². The van der Waals surface area contributed by atoms with Crippen molar-refractivity contribution in [3.8, 4) is 0 Å². The fourth-order valence-corrected chi connectivity index (χ4v) is 5.63. The molecule has 0 atom stereocenters. The largest absolute Gasteiger partial charge is 0.444 e. The number of aromatic nitrogens is 1. The lowest BCUT2D eigenvalue weighted by atomic mass is 10.0. The molecule has 0 bridgehead atoms. The minimum absolute atomic E-state index is 0.00421. The molecule has 0 radical (unpaired) electrons. The second-order valence-electron chi connectivity index (χ2n) is 10.8. The van der Waals surface area contributed by atoms with Gasteiger partial charge < -0.3 is 10.1 Å². The monoisotopic (exact) mass is 601 g/mol. The molecule has 0 spiro atoms. The summed E-state index contributed by atoms with van der Waals surface area (Å²) >= 11 is 5.91. The second-order valence-corrected chi connectivity index (χ2v) is 13.0. The van der Waals surface area contributed by atoms with Crippen molar-refractivity contribution in [2.45, 2.75) is 50.9 Å². The van der Waals surface area contributed by atoms with Crippen LogP contribution in [0, 0.1) is 0 Å². The average molecular weight is 602 g/mol. The average Bonchev–Trinajstić information content (AvgIpc) is 3.71. The van der Waals surface area contributed by atoms with Crippen LogP contribution in [0.1, 0.15) is 50.8 Å². The smallest absolute Gasteiger partial charge is 0.413 e. The summed E-state index contributed by atoms with van der Waals surface area (Å²) in [5, 5.41) is 5.70. The van der Waals surface area contributed by atoms with E-state index in [1.165, 1.54) is 10.6 Å². The van der Waals surface area contributed by atoms with E-state index < -0.39 is 27.3 Å². The van der Waals surface area contributed by atoms with Crippen LogP contribution in [0.25, 0.3) is 5.70 Å². The number of nitrogens with one attached hydrogen (secondary N) is 3. The number of halogens is 1. The minimum atomic E-state index is -4.00. The van der Waals surface area contributed by atoms with E-state index in [1.54, 1.807) is 51.1 Å². The maximum atomic E-state index is 14.0. The number of amidine groups is 1. The summed E-state index contributed by atoms with van der Waals surface area (Å²) in [5.74, 6) is -0.303. The maximum absolute atomic E-state index is 14.0. The quantitative estimate of drug-likeness (QED) is 0.373. The Labute approximate surface area is 243 Å². The summed E-state index contributed by atoms with van der Waals surface area (Å²) < 4.78 is 35.3. The number of hydrogen-bond acceptors (Lipinski definition) is 7. The lowest BCUT2D eigenvalue weighted by Crippen LogP contribution is -2.42. The Morgan fingerprint density at radius 3 is 2.49 bits per heavy atom. The van der Waals surface area contributed by atoms with Crippen LogP contribution in [0.2, 0.25) is 5.02 Å². The van der Waals surface area contributed by atoms with E-state index in [9.17, 15) is 22.8 Å². The van der Waals surface area contributed by atoms with Crippen molar-refractivity contribution in [2.75, 3.05) is 17.8 Å². The summed E-state index contributed by atoms with van der Waals surface area (Å²) in [4.78, 5) is 42.5. The molecular weight excluding hydrogens is 570 g/mol. The highest BCUT2D eigenvalue weighted by Gasteiger charge is 2.33. The van der Waals surface area contributed by atoms with Crippen molar-refractivity contribution in [1.82, 2.24) is 15.2 Å². The first-order valence-electron chi connectivity index (χ1n) is 12.9. The summed E-state index contributed by atoms with van der Waals surface area (Å²) in [6, 6.07) is 9.46. The molecule has 1 aliphatic carbocycles. The van der Waals surface area contributed by atoms with Crippen molar-refractivity contribution < 1.29 is 22.7 Å². The fraction of sp³-hybridized carbons (Fsp3) is 0.357. The van der Waals surface area contributed by atoms with Crippen LogP contribution in [0.5, 0.6) is 0 Å². The molecule has 13 heteroatoms. The molecule has 4 rings (SSSR count). The molecule has 1 aliphatic heterocycles. The summed E-state index contributed by atoms with van der Waals surface area (Å²) in [6.45, 7) is 9.28. The number of alkyl carbamates (subject to hydrolysis) is 1. The van der Waals surface area contributed by atoms with Crippen LogP contribution in [-0.4, -0.2) is 50.0 Å². The number of aliphatic imine (C=N–C) groups is 1. The van der Waals surface area contributed by atoms with Gasteiger partial charge in [0, 0.05) is 22.8 Å². The number of sulfonamides is 1. The molecular formula is C28H32ClN5O6S. The van der Waals surface area contributed by atoms with Crippen LogP contribution < -0.4 is 20.9 Å². The molecule has 41 heavy (non-hydrogen) atoms. The molecule has 1 fully saturated rings. The Balaban J connectivity index is 1.81. The summed E-state index contributed by atoms with van der Waals surface area (Å²) in [6.07, 6.45) is 1.37. The highest BCUT2D eigenvalue weighted by Crippen LogP contribution is 2.41. The molecule has 1 saturated carbocycles. The standard InChI is InChI=1S/C28H32ClN5O6S/c1-17-13-31-25(32-27(37)40-28(2,3)4)24(21(17)14-30-16-35)34-23(19-7-8-19)12-11-22(26(34)36)33-41(38,39)15-18-5-9-20(29)10-6-18/h5-6,9-12,16,19,33H,1,7-8,13-15H2,2-4H3,(H,30,35)(H,31,32,37). The van der Waals surface area contributed by atoms with Crippen LogP contribution in [-0.2, 0) is 25.3 Å². The van der Waals surface area contributed by atoms with E-state index >= 15 is 0 Å². The number of nitrogens with zero attached hydrogens (tertiary/aromatic N) is 2. The number of anilines is 1. The van der Waals surface area contributed by atoms with E-state index in [1.807, 2.05) is 0 Å². The highest BCUT2D eigenvalue weighted by molar-refractivity contribution is 7.91. The van der Waals surface area contributed by atoms with Gasteiger partial charge in [0.05, 0.1) is 18.0 Å². The topological polar surface area (TPSA) is 148 Å². The third-order valence-electron chi connectivity index (χ3n) is 6.21. The van der Waals surface area contributed by atoms with Crippen molar-refractivity contribution in [3.63, 3.8) is 0 Å². The summed E-state index contributed by atoms with van der Waals surface area (Å²) in [5.41, 5.74) is 0.616. The van der Waals surface area contributed by atoms with Gasteiger partial charge in [0.15, 0.2) is 5.84 Å². The third-order valence-corrected chi connectivity index (χ3v) is 7.71. The fourth-order valence-electron chi connectivity index (χ4n) is 4.31. The van der Waals surface area contributed by atoms with E-state index in [0.717, 1.165) is 12.8 Å². The third kappa shape index (κ3) is 7.65. The molecule has 2 aliphatic rings. The number of amides is 2. The van der Waals surface area contributed by atoms with Crippen LogP contribution in [0.15, 0.2) is 63.9 Å². The van der Waals surface area contributed by atoms with Gasteiger partial charge >= 0.3 is 6.09 Å². The van der Waals surface area contributed by atoms with Gasteiger partial charge in [-0.1, -0.05) is 30.3 Å². The molecule has 2 aromatic rings. The zero-order valence-electron chi connectivity index (χ0n) is 23.0. The zero-order chi connectivity index (χ0) is 29.9. The molecule has 3 N–H and O–H groups in total. The van der Waals surface area contributed by atoms with Gasteiger partial charge in [0.1, 0.15) is 11.3 Å². The predicted molar refractivity (Wildman–Crippen MR) is 158 cm³/mol. The first-order valence-corrected chi connectivity index (χ1v) is 15.0. The highest BCUT2D eigenvalue weighted by atomic mass is 35.5. The van der Waals surface area contributed by atoms with E-state index in [2.05, 4.69) is 26.9 Å². The van der Waals surface area contributed by atoms with Crippen LogP contribution >= 0.6 is 11.6 Å². The first-order chi connectivity index (χ1) is 19.3. The van der Waals surface area contributed by atoms with Crippen LogP contribution in [0.4, 0.5) is 10.5 Å². The van der Waals surface area contributed by atoms with E-state index in [-0.39, 0.29) is 42.0 Å². The molecule has 0 saturated heterocycles. The molecule has 2 heterocycles. The number of ether oxygens (including phenoxy) is 1. The van der Waals surface area contributed by atoms with Gasteiger partial charge in [0.25, 0.3) is 5.56 Å². The first kappa shape index (κ1) is 30.1. The number of benzene rings is 1. The Hall–Kier alpha value is -3.90. The number of carbonyl (C=O) groups excluding carboxylic acids is 2. The molecule has 0 unspecified atom stereocenters. The predicted octanol–water partition coefficient (Wildman–Crippen LogP) is 3.77. The van der Waals surface area contributed by atoms with Crippen molar-refractivity contribution >= 4 is 51.3 Å². The molecule has 218 valence electrons. The Kier molecular flexibility index (Phi) is 8.74. The normalized spacial score (nSPS) is 15.7. The zero-order valence-corrected chi connectivity index (χ0v) is 24.6. The minimum Gasteiger partial charge on any atom is -0.444 e. The van der Waals surface area contributed by atoms with E-state index in [0.29, 0.717) is 33.8 Å². The van der Waals surface area contributed by atoms with Crippen LogP contribution in [0.3, 0.4) is 0 Å². The van der Waals surface area contributed by atoms with Gasteiger partial charge in [-0.3, -0.25) is 29.2 Å². The lowest BCUT2D eigenvalue weighted by Gasteiger charge is -2.27.